The number of aryl methyl sites for hydroxylation is 1. The molecule has 1 atom stereocenters. The highest BCUT2D eigenvalue weighted by Gasteiger charge is 2.41. The first kappa shape index (κ1) is 17.4. The fraction of sp³-hybridized carbons (Fsp3) is 0.304. The van der Waals surface area contributed by atoms with Gasteiger partial charge in [0.1, 0.15) is 6.04 Å². The quantitative estimate of drug-likeness (QED) is 0.664. The van der Waals surface area contributed by atoms with Gasteiger partial charge in [-0.3, -0.25) is 24.5 Å². The molecule has 1 unspecified atom stereocenters. The van der Waals surface area contributed by atoms with Gasteiger partial charge in [0, 0.05) is 38.2 Å². The molecule has 2 aromatic carbocycles. The number of rotatable bonds is 6. The maximum Gasteiger partial charge on any atom is 0.330 e. The standard InChI is InChI=1S/C23H19ClF2N2O4/c24-16-5-3-15(4-6-16)23(25,26)19(29)9-2-13-1-7-17-14(11-13)12-28(22(17)32)18-8-10-20(30)27-21(18)31/h1,3-7,11,18H,2,8-10,12H2,(H,27,30,31)/i2D2,12D2. The van der Waals surface area contributed by atoms with E-state index in [1.54, 1.807) is 0 Å². The number of hydrogen-bond donors (Lipinski definition) is 1. The van der Waals surface area contributed by atoms with Crippen LogP contribution in [0.3, 0.4) is 0 Å². The molecule has 1 saturated heterocycles. The van der Waals surface area contributed by atoms with Gasteiger partial charge in [-0.05, 0) is 42.1 Å². The molecule has 0 aromatic heterocycles. The van der Waals surface area contributed by atoms with E-state index in [-0.39, 0.29) is 34.6 Å². The molecular formula is C23H19ClF2N2O4. The molecule has 2 heterocycles. The molecule has 0 radical (unpaired) electrons. The van der Waals surface area contributed by atoms with E-state index in [4.69, 9.17) is 17.1 Å². The number of benzene rings is 2. The highest BCUT2D eigenvalue weighted by atomic mass is 35.5. The van der Waals surface area contributed by atoms with E-state index in [2.05, 4.69) is 5.32 Å². The number of amides is 3. The van der Waals surface area contributed by atoms with Crippen LogP contribution in [0.15, 0.2) is 42.5 Å². The van der Waals surface area contributed by atoms with Gasteiger partial charge in [0.05, 0.1) is 2.74 Å². The van der Waals surface area contributed by atoms with E-state index in [0.717, 1.165) is 30.3 Å². The van der Waals surface area contributed by atoms with Crippen molar-refractivity contribution in [2.75, 3.05) is 0 Å². The van der Waals surface area contributed by atoms with E-state index in [1.807, 2.05) is 0 Å². The van der Waals surface area contributed by atoms with Crippen LogP contribution in [-0.4, -0.2) is 34.4 Å². The van der Waals surface area contributed by atoms with Gasteiger partial charge in [0.15, 0.2) is 0 Å². The van der Waals surface area contributed by atoms with E-state index < -0.39 is 60.3 Å². The van der Waals surface area contributed by atoms with Gasteiger partial charge in [-0.25, -0.2) is 0 Å². The summed E-state index contributed by atoms with van der Waals surface area (Å²) in [5.74, 6) is -7.90. The summed E-state index contributed by atoms with van der Waals surface area (Å²) in [6.07, 6.45) is -4.05. The molecule has 1 fully saturated rings. The van der Waals surface area contributed by atoms with Crippen molar-refractivity contribution >= 4 is 35.1 Å². The number of nitrogens with one attached hydrogen (secondary N) is 1. The monoisotopic (exact) mass is 464 g/mol. The van der Waals surface area contributed by atoms with Crippen LogP contribution in [0.25, 0.3) is 0 Å². The predicted molar refractivity (Wildman–Crippen MR) is 111 cm³/mol. The van der Waals surface area contributed by atoms with E-state index >= 15 is 0 Å². The Morgan fingerprint density at radius 1 is 1.22 bits per heavy atom. The van der Waals surface area contributed by atoms with Crippen LogP contribution in [0.4, 0.5) is 8.78 Å². The maximum absolute atomic E-state index is 14.7. The van der Waals surface area contributed by atoms with Gasteiger partial charge >= 0.3 is 5.92 Å². The molecule has 32 heavy (non-hydrogen) atoms. The number of nitrogens with zero attached hydrogens (tertiary/aromatic N) is 1. The number of carbonyl (C=O) groups is 4. The zero-order valence-corrected chi connectivity index (χ0v) is 17.2. The minimum absolute atomic E-state index is 0.0914. The van der Waals surface area contributed by atoms with E-state index in [9.17, 15) is 28.0 Å². The molecule has 4 rings (SSSR count). The largest absolute Gasteiger partial charge is 0.330 e. The number of fused-ring (bicyclic) bond motifs is 1. The second-order valence-electron chi connectivity index (χ2n) is 7.37. The Bertz CT molecular complexity index is 1290. The lowest BCUT2D eigenvalue weighted by molar-refractivity contribution is -0.144. The summed E-state index contributed by atoms with van der Waals surface area (Å²) >= 11 is 5.70. The third-order valence-electron chi connectivity index (χ3n) is 5.24. The van der Waals surface area contributed by atoms with Gasteiger partial charge < -0.3 is 4.90 Å². The Hall–Kier alpha value is -3.13. The van der Waals surface area contributed by atoms with Crippen LogP contribution >= 0.6 is 11.6 Å². The molecule has 1 N–H and O–H groups in total. The minimum atomic E-state index is -4.00. The molecule has 0 saturated carbocycles. The second-order valence-corrected chi connectivity index (χ2v) is 7.81. The Balaban J connectivity index is 1.62. The van der Waals surface area contributed by atoms with Gasteiger partial charge in [-0.1, -0.05) is 35.9 Å². The van der Waals surface area contributed by atoms with Crippen LogP contribution in [0.5, 0.6) is 0 Å². The number of Topliss-reactive ketones (excluding diaryl/α,β-unsaturated/α-hetero) is 1. The van der Waals surface area contributed by atoms with Gasteiger partial charge in [-0.15, -0.1) is 0 Å². The fourth-order valence-corrected chi connectivity index (χ4v) is 3.63. The molecule has 2 aliphatic heterocycles. The summed E-state index contributed by atoms with van der Waals surface area (Å²) in [4.78, 5) is 49.8. The Labute approximate surface area is 193 Å². The average molecular weight is 465 g/mol. The van der Waals surface area contributed by atoms with Crippen molar-refractivity contribution in [3.8, 4) is 0 Å². The van der Waals surface area contributed by atoms with E-state index in [1.165, 1.54) is 12.1 Å². The number of ketones is 1. The zero-order chi connectivity index (χ0) is 26.6. The lowest BCUT2D eigenvalue weighted by atomic mass is 9.97. The van der Waals surface area contributed by atoms with Crippen molar-refractivity contribution in [3.63, 3.8) is 0 Å². The summed E-state index contributed by atoms with van der Waals surface area (Å²) in [5, 5.41) is 2.25. The third kappa shape index (κ3) is 4.14. The molecule has 0 spiro atoms. The SMILES string of the molecule is [2H]C([2H])(CC(=O)C(F)(F)c1ccc(Cl)cc1)c1ccc2c(c1)C([2H])([2H])N(C1CCC(=O)NC1=O)C2=O. The van der Waals surface area contributed by atoms with Crippen molar-refractivity contribution in [1.82, 2.24) is 10.2 Å². The molecular weight excluding hydrogens is 442 g/mol. The molecule has 0 bridgehead atoms. The third-order valence-corrected chi connectivity index (χ3v) is 5.49. The van der Waals surface area contributed by atoms with Crippen LogP contribution in [-0.2, 0) is 33.2 Å². The van der Waals surface area contributed by atoms with Crippen LogP contribution in [0.2, 0.25) is 5.02 Å². The van der Waals surface area contributed by atoms with Crippen molar-refractivity contribution in [2.45, 2.75) is 44.1 Å². The van der Waals surface area contributed by atoms with Gasteiger partial charge in [0.25, 0.3) is 5.91 Å². The number of alkyl halides is 2. The first-order chi connectivity index (χ1) is 16.7. The molecule has 0 aliphatic carbocycles. The zero-order valence-electron chi connectivity index (χ0n) is 20.5. The van der Waals surface area contributed by atoms with E-state index in [0.29, 0.717) is 4.90 Å². The highest BCUT2D eigenvalue weighted by molar-refractivity contribution is 6.30. The van der Waals surface area contributed by atoms with Crippen molar-refractivity contribution < 1.29 is 33.4 Å². The lowest BCUT2D eigenvalue weighted by Crippen LogP contribution is -2.52. The normalized spacial score (nSPS) is 22.4. The smallest absolute Gasteiger partial charge is 0.322 e. The van der Waals surface area contributed by atoms with Crippen LogP contribution < -0.4 is 5.32 Å². The maximum atomic E-state index is 14.7. The Morgan fingerprint density at radius 2 is 1.94 bits per heavy atom. The summed E-state index contributed by atoms with van der Waals surface area (Å²) in [5.41, 5.74) is -1.34. The number of hydrogen-bond acceptors (Lipinski definition) is 4. The Kier molecular flexibility index (Phi) is 4.59. The molecule has 2 aromatic rings. The topological polar surface area (TPSA) is 83.6 Å². The molecule has 6 nitrogen and oxygen atoms in total. The van der Waals surface area contributed by atoms with Crippen molar-refractivity contribution in [2.24, 2.45) is 0 Å². The van der Waals surface area contributed by atoms with Crippen molar-refractivity contribution in [1.29, 1.82) is 0 Å². The number of piperidine rings is 1. The second kappa shape index (κ2) is 8.43. The van der Waals surface area contributed by atoms with Crippen molar-refractivity contribution in [3.05, 3.63) is 69.7 Å². The summed E-state index contributed by atoms with van der Waals surface area (Å²) in [6.45, 7) is -2.56. The van der Waals surface area contributed by atoms with Crippen LogP contribution in [0.1, 0.15) is 51.8 Å². The first-order valence-electron chi connectivity index (χ1n) is 11.7. The number of halogens is 3. The van der Waals surface area contributed by atoms with Gasteiger partial charge in [-0.2, -0.15) is 8.78 Å². The van der Waals surface area contributed by atoms with Gasteiger partial charge in [0.2, 0.25) is 17.6 Å². The average Bonchev–Trinajstić information content (AvgIpc) is 2.99. The summed E-state index contributed by atoms with van der Waals surface area (Å²) in [6, 6.07) is 6.29. The number of carbonyl (C=O) groups excluding carboxylic acids is 4. The predicted octanol–water partition coefficient (Wildman–Crippen LogP) is 3.39. The Morgan fingerprint density at radius 3 is 2.62 bits per heavy atom. The highest BCUT2D eigenvalue weighted by Crippen LogP contribution is 2.32. The fourth-order valence-electron chi connectivity index (χ4n) is 3.50. The molecule has 3 amide bonds. The minimum Gasteiger partial charge on any atom is -0.322 e. The lowest BCUT2D eigenvalue weighted by Gasteiger charge is -2.29. The molecule has 2 aliphatic rings. The summed E-state index contributed by atoms with van der Waals surface area (Å²) < 4.78 is 63.0. The number of imide groups is 1. The summed E-state index contributed by atoms with van der Waals surface area (Å²) in [7, 11) is 0. The molecule has 166 valence electrons. The first-order valence-corrected chi connectivity index (χ1v) is 10.0. The molecule has 9 heteroatoms. The van der Waals surface area contributed by atoms with Crippen LogP contribution in [0, 0.1) is 0 Å².